The maximum Gasteiger partial charge on any atom is 0.516 e. The Morgan fingerprint density at radius 3 is 2.19 bits per heavy atom. The van der Waals surface area contributed by atoms with Crippen molar-refractivity contribution in [2.75, 3.05) is 0 Å². The third kappa shape index (κ3) is 5.19. The maximum absolute atomic E-state index is 11.7. The molecular formula is C13H16N2O6. The average molecular weight is 296 g/mol. The van der Waals surface area contributed by atoms with Crippen molar-refractivity contribution in [1.82, 2.24) is 0 Å². The smallest absolute Gasteiger partial charge is 0.428 e. The van der Waals surface area contributed by atoms with Crippen LogP contribution in [0.3, 0.4) is 0 Å². The zero-order valence-electron chi connectivity index (χ0n) is 11.9. The number of hydrogen-bond donors (Lipinski definition) is 1. The summed E-state index contributed by atoms with van der Waals surface area (Å²) in [6.07, 6.45) is -1.15. The van der Waals surface area contributed by atoms with E-state index < -0.39 is 28.7 Å². The minimum Gasteiger partial charge on any atom is -0.428 e. The number of benzene rings is 1. The highest BCUT2D eigenvalue weighted by molar-refractivity contribution is 5.86. The Morgan fingerprint density at radius 2 is 1.76 bits per heavy atom. The first-order valence-corrected chi connectivity index (χ1v) is 6.05. The van der Waals surface area contributed by atoms with Gasteiger partial charge in [-0.2, -0.15) is 0 Å². The van der Waals surface area contributed by atoms with Crippen LogP contribution in [0.25, 0.3) is 0 Å². The molecule has 0 aliphatic heterocycles. The third-order valence-electron chi connectivity index (χ3n) is 2.29. The van der Waals surface area contributed by atoms with E-state index in [1.54, 1.807) is 20.8 Å². The van der Waals surface area contributed by atoms with E-state index in [1.165, 1.54) is 24.3 Å². The van der Waals surface area contributed by atoms with Gasteiger partial charge in [-0.25, -0.2) is 9.59 Å². The molecule has 2 N–H and O–H groups in total. The van der Waals surface area contributed by atoms with E-state index in [2.05, 4.69) is 4.74 Å². The molecular weight excluding hydrogens is 280 g/mol. The monoisotopic (exact) mass is 296 g/mol. The van der Waals surface area contributed by atoms with E-state index in [1.807, 2.05) is 0 Å². The first kappa shape index (κ1) is 16.6. The predicted molar refractivity (Wildman–Crippen MR) is 72.4 cm³/mol. The fourth-order valence-corrected chi connectivity index (χ4v) is 1.36. The van der Waals surface area contributed by atoms with Gasteiger partial charge < -0.3 is 15.2 Å². The molecule has 0 radical (unpaired) electrons. The fraction of sp³-hybridized carbons (Fsp3) is 0.385. The van der Waals surface area contributed by atoms with Gasteiger partial charge >= 0.3 is 12.1 Å². The molecule has 0 saturated carbocycles. The zero-order valence-corrected chi connectivity index (χ0v) is 11.9. The van der Waals surface area contributed by atoms with Crippen LogP contribution in [-0.4, -0.2) is 22.6 Å². The fourth-order valence-electron chi connectivity index (χ4n) is 1.36. The lowest BCUT2D eigenvalue weighted by molar-refractivity contribution is -0.384. The van der Waals surface area contributed by atoms with Crippen LogP contribution >= 0.6 is 0 Å². The number of esters is 1. The number of nitrogens with two attached hydrogens (primary N) is 1. The van der Waals surface area contributed by atoms with Gasteiger partial charge in [0.05, 0.1) is 4.92 Å². The van der Waals surface area contributed by atoms with Crippen molar-refractivity contribution in [3.05, 3.63) is 39.9 Å². The molecule has 0 heterocycles. The molecule has 0 bridgehead atoms. The van der Waals surface area contributed by atoms with Crippen molar-refractivity contribution >= 4 is 17.8 Å². The number of hydrogen-bond acceptors (Lipinski definition) is 7. The lowest BCUT2D eigenvalue weighted by Crippen LogP contribution is -2.30. The van der Waals surface area contributed by atoms with Crippen molar-refractivity contribution in [2.24, 2.45) is 5.73 Å². The van der Waals surface area contributed by atoms with E-state index in [0.717, 1.165) is 0 Å². The summed E-state index contributed by atoms with van der Waals surface area (Å²) in [7, 11) is 0. The number of carbonyl (C=O) groups excluding carboxylic acids is 2. The Kier molecular flexibility index (Phi) is 4.98. The third-order valence-corrected chi connectivity index (χ3v) is 2.29. The Labute approximate surface area is 121 Å². The maximum atomic E-state index is 11.7. The largest absolute Gasteiger partial charge is 0.516 e. The van der Waals surface area contributed by atoms with Gasteiger partial charge in [0.25, 0.3) is 5.69 Å². The quantitative estimate of drug-likeness (QED) is 0.392. The molecule has 0 aliphatic rings. The molecule has 8 heteroatoms. The Balaban J connectivity index is 2.70. The van der Waals surface area contributed by atoms with E-state index in [0.29, 0.717) is 0 Å². The molecule has 0 saturated heterocycles. The zero-order chi connectivity index (χ0) is 16.2. The summed E-state index contributed by atoms with van der Waals surface area (Å²) in [6, 6.07) is 3.81. The molecule has 1 aromatic rings. The predicted octanol–water partition coefficient (Wildman–Crippen LogP) is 2.07. The summed E-state index contributed by atoms with van der Waals surface area (Å²) >= 11 is 0. The summed E-state index contributed by atoms with van der Waals surface area (Å²) in [5.41, 5.74) is 4.98. The number of carbonyl (C=O) groups is 2. The number of nitro groups is 1. The highest BCUT2D eigenvalue weighted by Crippen LogP contribution is 2.18. The second-order valence-corrected chi connectivity index (χ2v) is 5.21. The summed E-state index contributed by atoms with van der Waals surface area (Å²) in [4.78, 5) is 33.0. The summed E-state index contributed by atoms with van der Waals surface area (Å²) in [5.74, 6) is -1.00. The Bertz CT molecular complexity index is 547. The molecule has 0 aromatic heterocycles. The number of rotatable bonds is 3. The first-order chi connectivity index (χ1) is 9.60. The number of non-ortho nitro benzene ring substituents is 1. The van der Waals surface area contributed by atoms with E-state index in [9.17, 15) is 19.7 Å². The Morgan fingerprint density at radius 1 is 1.24 bits per heavy atom. The molecule has 1 aromatic carbocycles. The van der Waals surface area contributed by atoms with Crippen molar-refractivity contribution in [2.45, 2.75) is 32.4 Å². The topological polar surface area (TPSA) is 122 Å². The second kappa shape index (κ2) is 6.31. The highest BCUT2D eigenvalue weighted by Gasteiger charge is 2.25. The van der Waals surface area contributed by atoms with Gasteiger partial charge in [-0.1, -0.05) is 12.1 Å². The minimum absolute atomic E-state index is 0.133. The molecule has 0 fully saturated rings. The van der Waals surface area contributed by atoms with E-state index >= 15 is 0 Å². The van der Waals surface area contributed by atoms with Crippen LogP contribution < -0.4 is 5.73 Å². The van der Waals surface area contributed by atoms with Crippen molar-refractivity contribution in [1.29, 1.82) is 0 Å². The van der Waals surface area contributed by atoms with Gasteiger partial charge in [-0.05, 0) is 26.3 Å². The minimum atomic E-state index is -1.24. The number of ether oxygens (including phenoxy) is 2. The second-order valence-electron chi connectivity index (χ2n) is 5.21. The van der Waals surface area contributed by atoms with Gasteiger partial charge in [-0.3, -0.25) is 10.1 Å². The van der Waals surface area contributed by atoms with Crippen LogP contribution in [0.1, 0.15) is 32.4 Å². The molecule has 114 valence electrons. The average Bonchev–Trinajstić information content (AvgIpc) is 2.35. The number of nitrogens with zero attached hydrogens (tertiary/aromatic N) is 1. The van der Waals surface area contributed by atoms with Crippen molar-refractivity contribution < 1.29 is 24.0 Å². The molecule has 1 atom stereocenters. The van der Waals surface area contributed by atoms with Gasteiger partial charge in [-0.15, -0.1) is 0 Å². The number of nitro benzene ring substituents is 1. The standard InChI is InChI=1S/C13H16N2O6/c1-13(2,3)21-12(17)20-11(16)10(14)8-4-6-9(7-5-8)15(18)19/h4-7,10H,14H2,1-3H3/t10-/m1/s1. The summed E-state index contributed by atoms with van der Waals surface area (Å²) in [6.45, 7) is 4.86. The molecule has 8 nitrogen and oxygen atoms in total. The van der Waals surface area contributed by atoms with Gasteiger partial charge in [0.1, 0.15) is 11.6 Å². The van der Waals surface area contributed by atoms with Gasteiger partial charge in [0.15, 0.2) is 0 Å². The molecule has 21 heavy (non-hydrogen) atoms. The van der Waals surface area contributed by atoms with Crippen LogP contribution in [0.15, 0.2) is 24.3 Å². The molecule has 0 unspecified atom stereocenters. The van der Waals surface area contributed by atoms with Crippen molar-refractivity contribution in [3.63, 3.8) is 0 Å². The lowest BCUT2D eigenvalue weighted by atomic mass is 10.1. The van der Waals surface area contributed by atoms with Gasteiger partial charge in [0.2, 0.25) is 0 Å². The van der Waals surface area contributed by atoms with Crippen LogP contribution in [-0.2, 0) is 14.3 Å². The lowest BCUT2D eigenvalue weighted by Gasteiger charge is -2.19. The molecule has 0 spiro atoms. The molecule has 1 rings (SSSR count). The molecule has 0 amide bonds. The summed E-state index contributed by atoms with van der Waals surface area (Å²) in [5, 5.41) is 10.5. The van der Waals surface area contributed by atoms with E-state index in [4.69, 9.17) is 10.5 Å². The highest BCUT2D eigenvalue weighted by atomic mass is 16.7. The molecule has 0 aliphatic carbocycles. The first-order valence-electron chi connectivity index (χ1n) is 6.05. The van der Waals surface area contributed by atoms with Crippen LogP contribution in [0.2, 0.25) is 0 Å². The Hall–Kier alpha value is -2.48. The van der Waals surface area contributed by atoms with Crippen LogP contribution in [0, 0.1) is 10.1 Å². The summed E-state index contributed by atoms with van der Waals surface area (Å²) < 4.78 is 9.28. The van der Waals surface area contributed by atoms with Crippen LogP contribution in [0.4, 0.5) is 10.5 Å². The van der Waals surface area contributed by atoms with Gasteiger partial charge in [0, 0.05) is 12.1 Å². The van der Waals surface area contributed by atoms with Crippen molar-refractivity contribution in [3.8, 4) is 0 Å². The normalized spacial score (nSPS) is 12.4. The van der Waals surface area contributed by atoms with E-state index in [-0.39, 0.29) is 11.3 Å². The van der Waals surface area contributed by atoms with Crippen LogP contribution in [0.5, 0.6) is 0 Å². The SMILES string of the molecule is CC(C)(C)OC(=O)OC(=O)[C@H](N)c1ccc([N+](=O)[O-])cc1.